The van der Waals surface area contributed by atoms with Crippen LogP contribution in [0.25, 0.3) is 0 Å². The van der Waals surface area contributed by atoms with Crippen molar-refractivity contribution in [2.75, 3.05) is 11.9 Å². The summed E-state index contributed by atoms with van der Waals surface area (Å²) in [7, 11) is 0. The molecule has 0 radical (unpaired) electrons. The van der Waals surface area contributed by atoms with Crippen molar-refractivity contribution in [2.45, 2.75) is 44.7 Å². The van der Waals surface area contributed by atoms with Gasteiger partial charge in [0.05, 0.1) is 5.41 Å². The first-order valence-electron chi connectivity index (χ1n) is 7.85. The van der Waals surface area contributed by atoms with E-state index < -0.39 is 29.3 Å². The highest BCUT2D eigenvalue weighted by Crippen LogP contribution is 2.46. The number of anilines is 1. The van der Waals surface area contributed by atoms with Gasteiger partial charge in [-0.05, 0) is 12.8 Å². The van der Waals surface area contributed by atoms with E-state index in [9.17, 15) is 27.6 Å². The van der Waals surface area contributed by atoms with Gasteiger partial charge < -0.3 is 0 Å². The number of carbonyl (C=O) groups excluding carboxylic acids is 3. The average molecular weight is 359 g/mol. The second-order valence-electron chi connectivity index (χ2n) is 6.32. The minimum absolute atomic E-state index is 0.109. The van der Waals surface area contributed by atoms with Crippen molar-refractivity contribution in [3.8, 4) is 0 Å². The van der Waals surface area contributed by atoms with Gasteiger partial charge in [0.2, 0.25) is 29.5 Å². The maximum Gasteiger partial charge on any atom is 0.451 e. The molecular weight excluding hydrogens is 343 g/mol. The zero-order valence-electron chi connectivity index (χ0n) is 13.2. The fourth-order valence-electron chi connectivity index (χ4n) is 3.37. The number of amides is 3. The van der Waals surface area contributed by atoms with E-state index in [4.69, 9.17) is 0 Å². The molecule has 1 spiro atoms. The monoisotopic (exact) mass is 359 g/mol. The van der Waals surface area contributed by atoms with Crippen molar-refractivity contribution in [2.24, 2.45) is 5.41 Å². The summed E-state index contributed by atoms with van der Waals surface area (Å²) in [5.41, 5.74) is -0.612. The zero-order chi connectivity index (χ0) is 18.2. The number of halogens is 3. The van der Waals surface area contributed by atoms with Crippen LogP contribution >= 0.6 is 0 Å². The molecule has 1 aromatic heterocycles. The van der Waals surface area contributed by atoms with E-state index in [0.29, 0.717) is 12.8 Å². The standard InChI is InChI=1S/C14H16F3N5O3/c15-14(16,17)10-19-12(21-20-10)18-8(23)3-6-22-9(24)7-13(11(22)25)4-1-2-5-13/h1-7H2,(H2,18,19,20,21,23). The Balaban J connectivity index is 1.55. The van der Waals surface area contributed by atoms with E-state index >= 15 is 0 Å². The van der Waals surface area contributed by atoms with Crippen LogP contribution in [-0.4, -0.2) is 44.3 Å². The van der Waals surface area contributed by atoms with Crippen molar-refractivity contribution in [3.63, 3.8) is 0 Å². The fourth-order valence-corrected chi connectivity index (χ4v) is 3.37. The molecule has 2 N–H and O–H groups in total. The number of imide groups is 1. The number of nitrogens with zero attached hydrogens (tertiary/aromatic N) is 3. The maximum atomic E-state index is 12.4. The lowest BCUT2D eigenvalue weighted by Crippen LogP contribution is -2.36. The first-order valence-corrected chi connectivity index (χ1v) is 7.85. The zero-order valence-corrected chi connectivity index (χ0v) is 13.2. The summed E-state index contributed by atoms with van der Waals surface area (Å²) in [4.78, 5) is 40.5. The number of hydrogen-bond acceptors (Lipinski definition) is 5. The molecule has 0 bridgehead atoms. The van der Waals surface area contributed by atoms with Gasteiger partial charge in [-0.15, -0.1) is 5.10 Å². The number of aromatic nitrogens is 3. The molecule has 1 aliphatic carbocycles. The normalized spacial score (nSPS) is 19.9. The molecule has 3 rings (SSSR count). The van der Waals surface area contributed by atoms with E-state index in [1.807, 2.05) is 0 Å². The number of nitrogens with one attached hydrogen (secondary N) is 2. The molecular formula is C14H16F3N5O3. The fraction of sp³-hybridized carbons (Fsp3) is 0.643. The largest absolute Gasteiger partial charge is 0.451 e. The number of hydrogen-bond donors (Lipinski definition) is 2. The Labute approximate surface area is 140 Å². The van der Waals surface area contributed by atoms with E-state index in [2.05, 4.69) is 15.4 Å². The number of likely N-dealkylation sites (tertiary alicyclic amines) is 1. The molecule has 2 fully saturated rings. The quantitative estimate of drug-likeness (QED) is 0.792. The number of alkyl halides is 3. The third kappa shape index (κ3) is 3.35. The second-order valence-corrected chi connectivity index (χ2v) is 6.32. The molecule has 8 nitrogen and oxygen atoms in total. The summed E-state index contributed by atoms with van der Waals surface area (Å²) in [6.45, 7) is -0.109. The van der Waals surface area contributed by atoms with Crippen LogP contribution in [0.2, 0.25) is 0 Å². The molecule has 136 valence electrons. The molecule has 11 heteroatoms. The van der Waals surface area contributed by atoms with E-state index in [0.717, 1.165) is 17.7 Å². The first kappa shape index (κ1) is 17.4. The smallest absolute Gasteiger partial charge is 0.293 e. The van der Waals surface area contributed by atoms with Crippen LogP contribution in [-0.2, 0) is 20.6 Å². The molecule has 3 amide bonds. The van der Waals surface area contributed by atoms with Gasteiger partial charge >= 0.3 is 6.18 Å². The Kier molecular flexibility index (Phi) is 4.25. The van der Waals surface area contributed by atoms with Gasteiger partial charge in [0, 0.05) is 19.4 Å². The van der Waals surface area contributed by atoms with E-state index in [1.165, 1.54) is 0 Å². The lowest BCUT2D eigenvalue weighted by Gasteiger charge is -2.20. The van der Waals surface area contributed by atoms with Crippen molar-refractivity contribution < 1.29 is 27.6 Å². The van der Waals surface area contributed by atoms with Gasteiger partial charge in [-0.1, -0.05) is 12.8 Å². The van der Waals surface area contributed by atoms with Crippen LogP contribution < -0.4 is 5.32 Å². The Morgan fingerprint density at radius 2 is 1.96 bits per heavy atom. The van der Waals surface area contributed by atoms with Crippen molar-refractivity contribution in [1.82, 2.24) is 20.1 Å². The number of H-pyrrole nitrogens is 1. The van der Waals surface area contributed by atoms with Gasteiger partial charge in [0.25, 0.3) is 0 Å². The molecule has 0 aromatic carbocycles. The predicted molar refractivity (Wildman–Crippen MR) is 76.9 cm³/mol. The molecule has 25 heavy (non-hydrogen) atoms. The summed E-state index contributed by atoms with van der Waals surface area (Å²) in [5, 5.41) is 7.04. The average Bonchev–Trinajstić information content (AvgIpc) is 3.20. The Bertz CT molecular complexity index is 709. The lowest BCUT2D eigenvalue weighted by atomic mass is 9.84. The summed E-state index contributed by atoms with van der Waals surface area (Å²) in [6, 6.07) is 0. The van der Waals surface area contributed by atoms with Crippen LogP contribution in [0.4, 0.5) is 19.1 Å². The van der Waals surface area contributed by atoms with Crippen LogP contribution in [0.15, 0.2) is 0 Å². The minimum atomic E-state index is -4.69. The highest BCUT2D eigenvalue weighted by molar-refractivity contribution is 6.06. The molecule has 1 aromatic rings. The van der Waals surface area contributed by atoms with Crippen molar-refractivity contribution >= 4 is 23.7 Å². The minimum Gasteiger partial charge on any atom is -0.293 e. The van der Waals surface area contributed by atoms with Crippen LogP contribution in [0.5, 0.6) is 0 Å². The number of rotatable bonds is 4. The molecule has 1 aliphatic heterocycles. The number of carbonyl (C=O) groups is 3. The lowest BCUT2D eigenvalue weighted by molar-refractivity contribution is -0.145. The third-order valence-corrected chi connectivity index (χ3v) is 4.62. The molecule has 0 unspecified atom stereocenters. The van der Waals surface area contributed by atoms with Crippen molar-refractivity contribution in [1.29, 1.82) is 0 Å². The SMILES string of the molecule is O=C(CCN1C(=O)CC2(CCCC2)C1=O)Nc1n[nH]c(C(F)(F)F)n1. The van der Waals surface area contributed by atoms with Gasteiger partial charge in [-0.25, -0.2) is 0 Å². The molecule has 2 heterocycles. The van der Waals surface area contributed by atoms with Crippen LogP contribution in [0.3, 0.4) is 0 Å². The van der Waals surface area contributed by atoms with Gasteiger partial charge in [-0.3, -0.25) is 29.7 Å². The van der Waals surface area contributed by atoms with E-state index in [1.54, 1.807) is 5.10 Å². The summed E-state index contributed by atoms with van der Waals surface area (Å²) in [6.07, 6.45) is -1.60. The molecule has 2 aliphatic rings. The molecule has 1 saturated heterocycles. The summed E-state index contributed by atoms with van der Waals surface area (Å²) >= 11 is 0. The highest BCUT2D eigenvalue weighted by atomic mass is 19.4. The van der Waals surface area contributed by atoms with Gasteiger partial charge in [0.15, 0.2) is 0 Å². The second kappa shape index (κ2) is 6.12. The highest BCUT2D eigenvalue weighted by Gasteiger charge is 2.52. The number of aromatic amines is 1. The molecule has 1 saturated carbocycles. The summed E-state index contributed by atoms with van der Waals surface area (Å²) < 4.78 is 37.2. The van der Waals surface area contributed by atoms with Crippen LogP contribution in [0.1, 0.15) is 44.3 Å². The Morgan fingerprint density at radius 1 is 1.28 bits per heavy atom. The Morgan fingerprint density at radius 3 is 2.56 bits per heavy atom. The van der Waals surface area contributed by atoms with Crippen molar-refractivity contribution in [3.05, 3.63) is 5.82 Å². The Hall–Kier alpha value is -2.46. The predicted octanol–water partition coefficient (Wildman–Crippen LogP) is 1.47. The van der Waals surface area contributed by atoms with Gasteiger partial charge in [-0.2, -0.15) is 18.2 Å². The molecule has 0 atom stereocenters. The van der Waals surface area contributed by atoms with Crippen LogP contribution in [0, 0.1) is 5.41 Å². The first-order chi connectivity index (χ1) is 11.7. The topological polar surface area (TPSA) is 108 Å². The van der Waals surface area contributed by atoms with E-state index in [-0.39, 0.29) is 31.2 Å². The summed E-state index contributed by atoms with van der Waals surface area (Å²) in [5.74, 6) is -3.07. The maximum absolute atomic E-state index is 12.4. The third-order valence-electron chi connectivity index (χ3n) is 4.62. The van der Waals surface area contributed by atoms with Gasteiger partial charge in [0.1, 0.15) is 0 Å².